The molecule has 0 amide bonds. The molecule has 1 aromatic rings. The van der Waals surface area contributed by atoms with Crippen LogP contribution in [0.4, 0.5) is 0 Å². The van der Waals surface area contributed by atoms with Gasteiger partial charge in [-0.1, -0.05) is 26.3 Å². The van der Waals surface area contributed by atoms with E-state index in [2.05, 4.69) is 32.0 Å². The fraction of sp³-hybridized carbons (Fsp3) is 0.741. The minimum atomic E-state index is 0.626. The van der Waals surface area contributed by atoms with E-state index in [1.54, 1.807) is 0 Å². The number of rotatable bonds is 7. The van der Waals surface area contributed by atoms with Gasteiger partial charge in [-0.05, 0) is 117 Å². The SMILES string of the molecule is CCCOc1ccc(C2CCC(C34CCC(CCC)(CC3)CC4)CC2)cc1C#N. The highest BCUT2D eigenvalue weighted by molar-refractivity contribution is 5.46. The Hall–Kier alpha value is -1.49. The molecule has 4 aliphatic carbocycles. The molecule has 0 spiro atoms. The maximum atomic E-state index is 9.55. The maximum absolute atomic E-state index is 9.55. The highest BCUT2D eigenvalue weighted by Gasteiger charge is 2.51. The van der Waals surface area contributed by atoms with Crippen molar-refractivity contribution in [3.05, 3.63) is 29.3 Å². The molecule has 4 aliphatic rings. The van der Waals surface area contributed by atoms with Crippen molar-refractivity contribution in [3.8, 4) is 11.8 Å². The van der Waals surface area contributed by atoms with Gasteiger partial charge in [-0.25, -0.2) is 0 Å². The zero-order valence-electron chi connectivity index (χ0n) is 18.6. The molecule has 0 heterocycles. The molecule has 0 N–H and O–H groups in total. The van der Waals surface area contributed by atoms with E-state index in [1.165, 1.54) is 82.6 Å². The number of benzene rings is 1. The third-order valence-corrected chi connectivity index (χ3v) is 8.89. The van der Waals surface area contributed by atoms with Crippen molar-refractivity contribution in [2.75, 3.05) is 6.61 Å². The Bertz CT molecular complexity index is 713. The van der Waals surface area contributed by atoms with Gasteiger partial charge in [-0.15, -0.1) is 0 Å². The van der Waals surface area contributed by atoms with Gasteiger partial charge >= 0.3 is 0 Å². The molecule has 0 saturated heterocycles. The quantitative estimate of drug-likeness (QED) is 0.474. The van der Waals surface area contributed by atoms with Gasteiger partial charge in [0.25, 0.3) is 0 Å². The van der Waals surface area contributed by atoms with Gasteiger partial charge in [-0.2, -0.15) is 5.26 Å². The molecule has 2 bridgehead atoms. The van der Waals surface area contributed by atoms with Crippen molar-refractivity contribution in [1.29, 1.82) is 5.26 Å². The summed E-state index contributed by atoms with van der Waals surface area (Å²) in [5.41, 5.74) is 3.47. The molecule has 0 radical (unpaired) electrons. The molecule has 2 heteroatoms. The van der Waals surface area contributed by atoms with Gasteiger partial charge in [0.15, 0.2) is 0 Å². The molecule has 0 unspecified atom stereocenters. The monoisotopic (exact) mass is 393 g/mol. The number of hydrogen-bond acceptors (Lipinski definition) is 2. The maximum Gasteiger partial charge on any atom is 0.137 e. The van der Waals surface area contributed by atoms with Crippen LogP contribution in [0.2, 0.25) is 0 Å². The van der Waals surface area contributed by atoms with Crippen LogP contribution in [0.3, 0.4) is 0 Å². The van der Waals surface area contributed by atoms with Crippen molar-refractivity contribution >= 4 is 0 Å². The minimum Gasteiger partial charge on any atom is -0.492 e. The van der Waals surface area contributed by atoms with Crippen molar-refractivity contribution in [2.45, 2.75) is 103 Å². The molecular weight excluding hydrogens is 354 g/mol. The van der Waals surface area contributed by atoms with Crippen LogP contribution >= 0.6 is 0 Å². The average molecular weight is 394 g/mol. The lowest BCUT2D eigenvalue weighted by atomic mass is 9.47. The molecule has 0 atom stereocenters. The summed E-state index contributed by atoms with van der Waals surface area (Å²) in [6.45, 7) is 5.15. The van der Waals surface area contributed by atoms with E-state index >= 15 is 0 Å². The fourth-order valence-corrected chi connectivity index (χ4v) is 7.08. The average Bonchev–Trinajstić information content (AvgIpc) is 2.79. The van der Waals surface area contributed by atoms with Gasteiger partial charge in [-0.3, -0.25) is 0 Å². The first-order chi connectivity index (χ1) is 14.1. The highest BCUT2D eigenvalue weighted by atomic mass is 16.5. The Labute approximate surface area is 178 Å². The van der Waals surface area contributed by atoms with Crippen molar-refractivity contribution in [2.24, 2.45) is 16.7 Å². The van der Waals surface area contributed by atoms with Crippen LogP contribution in [-0.2, 0) is 0 Å². The van der Waals surface area contributed by atoms with Crippen molar-refractivity contribution < 1.29 is 4.74 Å². The van der Waals surface area contributed by atoms with Crippen LogP contribution in [0.15, 0.2) is 18.2 Å². The topological polar surface area (TPSA) is 33.0 Å². The second-order valence-electron chi connectivity index (χ2n) is 10.4. The summed E-state index contributed by atoms with van der Waals surface area (Å²) in [6.07, 6.45) is 18.2. The molecule has 5 rings (SSSR count). The zero-order valence-corrected chi connectivity index (χ0v) is 18.6. The Morgan fingerprint density at radius 1 is 0.966 bits per heavy atom. The lowest BCUT2D eigenvalue weighted by Crippen LogP contribution is -2.46. The first-order valence-electron chi connectivity index (χ1n) is 12.3. The van der Waals surface area contributed by atoms with Crippen molar-refractivity contribution in [3.63, 3.8) is 0 Å². The van der Waals surface area contributed by atoms with Crippen LogP contribution in [-0.4, -0.2) is 6.61 Å². The fourth-order valence-electron chi connectivity index (χ4n) is 7.08. The number of ether oxygens (including phenoxy) is 1. The van der Waals surface area contributed by atoms with E-state index in [-0.39, 0.29) is 0 Å². The second-order valence-corrected chi connectivity index (χ2v) is 10.4. The Balaban J connectivity index is 1.37. The van der Waals surface area contributed by atoms with Crippen LogP contribution in [0.5, 0.6) is 5.75 Å². The number of hydrogen-bond donors (Lipinski definition) is 0. The normalized spacial score (nSPS) is 34.0. The van der Waals surface area contributed by atoms with Crippen LogP contribution in [0.1, 0.15) is 114 Å². The van der Waals surface area contributed by atoms with Gasteiger partial charge in [0.1, 0.15) is 11.8 Å². The van der Waals surface area contributed by atoms with Gasteiger partial charge in [0.05, 0.1) is 12.2 Å². The standard InChI is InChI=1S/C27H39NO/c1-3-11-26-12-15-27(16-13-26,17-14-26)24-8-5-21(6-9-24)22-7-10-25(29-18-4-2)23(19-22)20-28/h7,10,19,21,24H,3-6,8-9,11-18H2,1-2H3. The Kier molecular flexibility index (Phi) is 6.24. The van der Waals surface area contributed by atoms with E-state index in [1.807, 2.05) is 6.07 Å². The summed E-state index contributed by atoms with van der Waals surface area (Å²) < 4.78 is 5.75. The largest absolute Gasteiger partial charge is 0.492 e. The summed E-state index contributed by atoms with van der Waals surface area (Å²) in [5.74, 6) is 2.33. The number of nitriles is 1. The van der Waals surface area contributed by atoms with Crippen LogP contribution in [0.25, 0.3) is 0 Å². The van der Waals surface area contributed by atoms with E-state index in [0.29, 0.717) is 23.5 Å². The molecule has 0 aromatic heterocycles. The first-order valence-corrected chi connectivity index (χ1v) is 12.3. The molecule has 29 heavy (non-hydrogen) atoms. The Morgan fingerprint density at radius 2 is 1.66 bits per heavy atom. The molecule has 4 fully saturated rings. The molecule has 4 saturated carbocycles. The van der Waals surface area contributed by atoms with E-state index in [9.17, 15) is 5.26 Å². The lowest BCUT2D eigenvalue weighted by Gasteiger charge is -2.58. The first kappa shape index (κ1) is 20.8. The number of nitrogens with zero attached hydrogens (tertiary/aromatic N) is 1. The summed E-state index contributed by atoms with van der Waals surface area (Å²) in [7, 11) is 0. The van der Waals surface area contributed by atoms with Crippen LogP contribution in [0, 0.1) is 28.1 Å². The van der Waals surface area contributed by atoms with Crippen LogP contribution < -0.4 is 4.74 Å². The van der Waals surface area contributed by atoms with E-state index < -0.39 is 0 Å². The van der Waals surface area contributed by atoms with Crippen molar-refractivity contribution in [1.82, 2.24) is 0 Å². The summed E-state index contributed by atoms with van der Waals surface area (Å²) in [5, 5.41) is 9.55. The molecule has 1 aromatic carbocycles. The summed E-state index contributed by atoms with van der Waals surface area (Å²) in [4.78, 5) is 0. The Morgan fingerprint density at radius 3 is 2.24 bits per heavy atom. The smallest absolute Gasteiger partial charge is 0.137 e. The van der Waals surface area contributed by atoms with Gasteiger partial charge in [0.2, 0.25) is 0 Å². The van der Waals surface area contributed by atoms with Gasteiger partial charge < -0.3 is 4.74 Å². The third kappa shape index (κ3) is 4.08. The predicted molar refractivity (Wildman–Crippen MR) is 119 cm³/mol. The molecule has 2 nitrogen and oxygen atoms in total. The molecular formula is C27H39NO. The zero-order chi connectivity index (χ0) is 20.3. The second kappa shape index (κ2) is 8.71. The molecule has 158 valence electrons. The van der Waals surface area contributed by atoms with E-state index in [4.69, 9.17) is 4.74 Å². The third-order valence-electron chi connectivity index (χ3n) is 8.89. The van der Waals surface area contributed by atoms with E-state index in [0.717, 1.165) is 23.5 Å². The summed E-state index contributed by atoms with van der Waals surface area (Å²) >= 11 is 0. The van der Waals surface area contributed by atoms with Gasteiger partial charge in [0, 0.05) is 0 Å². The molecule has 0 aliphatic heterocycles. The number of fused-ring (bicyclic) bond motifs is 3. The lowest BCUT2D eigenvalue weighted by molar-refractivity contribution is -0.0624. The summed E-state index contributed by atoms with van der Waals surface area (Å²) in [6, 6.07) is 8.71. The minimum absolute atomic E-state index is 0.626. The highest BCUT2D eigenvalue weighted by Crippen LogP contribution is 2.63. The predicted octanol–water partition coefficient (Wildman–Crippen LogP) is 7.76.